The van der Waals surface area contributed by atoms with Crippen molar-refractivity contribution in [2.45, 2.75) is 24.7 Å². The van der Waals surface area contributed by atoms with Crippen molar-refractivity contribution in [1.29, 1.82) is 0 Å². The van der Waals surface area contributed by atoms with Crippen LogP contribution < -0.4 is 0 Å². The first-order valence-corrected chi connectivity index (χ1v) is 9.94. The van der Waals surface area contributed by atoms with E-state index < -0.39 is 27.9 Å². The summed E-state index contributed by atoms with van der Waals surface area (Å²) in [6, 6.07) is 6.62. The molecule has 144 valence electrons. The van der Waals surface area contributed by atoms with Gasteiger partial charge in [-0.25, -0.2) is 18.0 Å². The number of carbonyl (C=O) groups excluding carboxylic acids is 2. The highest BCUT2D eigenvalue weighted by atomic mass is 32.2. The molecule has 8 heteroatoms. The second-order valence-electron chi connectivity index (χ2n) is 6.44. The summed E-state index contributed by atoms with van der Waals surface area (Å²) in [6.45, 7) is 2.11. The van der Waals surface area contributed by atoms with Crippen LogP contribution in [-0.4, -0.2) is 45.4 Å². The number of benzene rings is 1. The minimum Gasteiger partial charge on any atom is -0.466 e. The fourth-order valence-electron chi connectivity index (χ4n) is 3.55. The van der Waals surface area contributed by atoms with Crippen molar-refractivity contribution in [2.75, 3.05) is 20.8 Å². The van der Waals surface area contributed by atoms with Crippen LogP contribution in [0.4, 0.5) is 0 Å². The van der Waals surface area contributed by atoms with Crippen LogP contribution in [0.2, 0.25) is 0 Å². The molecule has 1 atom stereocenters. The second kappa shape index (κ2) is 7.19. The number of hydrogen-bond acceptors (Lipinski definition) is 6. The van der Waals surface area contributed by atoms with Gasteiger partial charge in [0.25, 0.3) is 10.0 Å². The molecule has 1 aromatic carbocycles. The van der Waals surface area contributed by atoms with Crippen LogP contribution >= 0.6 is 0 Å². The largest absolute Gasteiger partial charge is 0.466 e. The van der Waals surface area contributed by atoms with Gasteiger partial charge in [0.2, 0.25) is 0 Å². The monoisotopic (exact) mass is 391 g/mol. The van der Waals surface area contributed by atoms with Crippen molar-refractivity contribution in [3.8, 4) is 0 Å². The summed E-state index contributed by atoms with van der Waals surface area (Å²) >= 11 is 0. The molecule has 1 heterocycles. The number of aryl methyl sites for hydroxylation is 1. The molecular weight excluding hydrogens is 370 g/mol. The maximum absolute atomic E-state index is 13.1. The summed E-state index contributed by atoms with van der Waals surface area (Å²) in [6.07, 6.45) is 2.19. The SMILES string of the molecule is COC(=O)C1=C(C(=O)OC)C2CCN(S(=O)(=O)c3ccc(C)cc3)C2=CC1. The van der Waals surface area contributed by atoms with E-state index in [0.717, 1.165) is 5.56 Å². The maximum atomic E-state index is 13.1. The van der Waals surface area contributed by atoms with Crippen molar-refractivity contribution in [2.24, 2.45) is 5.92 Å². The van der Waals surface area contributed by atoms with Gasteiger partial charge in [-0.3, -0.25) is 4.31 Å². The lowest BCUT2D eigenvalue weighted by Gasteiger charge is -2.27. The zero-order chi connectivity index (χ0) is 19.8. The molecule has 0 spiro atoms. The average Bonchev–Trinajstić information content (AvgIpc) is 3.11. The molecule has 1 aliphatic carbocycles. The van der Waals surface area contributed by atoms with E-state index in [1.165, 1.54) is 18.5 Å². The minimum atomic E-state index is -3.75. The van der Waals surface area contributed by atoms with Crippen LogP contribution in [-0.2, 0) is 29.1 Å². The van der Waals surface area contributed by atoms with E-state index in [4.69, 9.17) is 9.47 Å². The molecule has 1 fully saturated rings. The Labute approximate surface area is 158 Å². The first-order chi connectivity index (χ1) is 12.8. The third-order valence-electron chi connectivity index (χ3n) is 4.90. The van der Waals surface area contributed by atoms with Crippen LogP contribution in [0.3, 0.4) is 0 Å². The van der Waals surface area contributed by atoms with Gasteiger partial charge in [0.05, 0.1) is 30.3 Å². The predicted octanol–water partition coefficient (Wildman–Crippen LogP) is 1.94. The van der Waals surface area contributed by atoms with E-state index in [1.54, 1.807) is 30.3 Å². The molecule has 1 aliphatic heterocycles. The molecule has 0 radical (unpaired) electrons. The normalized spacial score (nSPS) is 19.4. The number of methoxy groups -OCH3 is 2. The summed E-state index contributed by atoms with van der Waals surface area (Å²) in [5.41, 5.74) is 1.86. The summed E-state index contributed by atoms with van der Waals surface area (Å²) in [5.74, 6) is -1.76. The van der Waals surface area contributed by atoms with Crippen LogP contribution in [0.5, 0.6) is 0 Å². The number of hydrogen-bond donors (Lipinski definition) is 0. The van der Waals surface area contributed by atoms with Gasteiger partial charge >= 0.3 is 11.9 Å². The molecule has 0 amide bonds. The van der Waals surface area contributed by atoms with Gasteiger partial charge in [0.1, 0.15) is 0 Å². The smallest absolute Gasteiger partial charge is 0.334 e. The van der Waals surface area contributed by atoms with Gasteiger partial charge in [-0.05, 0) is 25.5 Å². The van der Waals surface area contributed by atoms with Crippen molar-refractivity contribution < 1.29 is 27.5 Å². The Balaban J connectivity index is 2.00. The van der Waals surface area contributed by atoms with E-state index >= 15 is 0 Å². The number of carbonyl (C=O) groups is 2. The van der Waals surface area contributed by atoms with E-state index in [9.17, 15) is 18.0 Å². The van der Waals surface area contributed by atoms with Gasteiger partial charge in [0.15, 0.2) is 0 Å². The number of nitrogens with zero attached hydrogens (tertiary/aromatic N) is 1. The van der Waals surface area contributed by atoms with Crippen molar-refractivity contribution in [3.05, 3.63) is 52.7 Å². The zero-order valence-electron chi connectivity index (χ0n) is 15.4. The number of ether oxygens (including phenoxy) is 2. The van der Waals surface area contributed by atoms with Crippen LogP contribution in [0.25, 0.3) is 0 Å². The Hall–Kier alpha value is -2.61. The highest BCUT2D eigenvalue weighted by Gasteiger charge is 2.43. The molecule has 27 heavy (non-hydrogen) atoms. The Morgan fingerprint density at radius 3 is 2.30 bits per heavy atom. The van der Waals surface area contributed by atoms with Gasteiger partial charge in [-0.15, -0.1) is 0 Å². The second-order valence-corrected chi connectivity index (χ2v) is 8.30. The number of fused-ring (bicyclic) bond motifs is 1. The molecule has 0 N–H and O–H groups in total. The standard InChI is InChI=1S/C19H21NO6S/c1-12-4-6-13(7-5-12)27(23,24)20-11-10-14-16(20)9-8-15(18(21)25-2)17(14)19(22)26-3/h4-7,9,14H,8,10-11H2,1-3H3. The van der Waals surface area contributed by atoms with E-state index in [0.29, 0.717) is 12.1 Å². The summed E-state index contributed by atoms with van der Waals surface area (Å²) in [5, 5.41) is 0. The molecule has 1 saturated heterocycles. The predicted molar refractivity (Wildman–Crippen MR) is 96.9 cm³/mol. The molecule has 7 nitrogen and oxygen atoms in total. The van der Waals surface area contributed by atoms with E-state index in [2.05, 4.69) is 0 Å². The number of allylic oxidation sites excluding steroid dienone is 2. The van der Waals surface area contributed by atoms with Gasteiger partial charge in [0, 0.05) is 24.6 Å². The third-order valence-corrected chi connectivity index (χ3v) is 6.74. The van der Waals surface area contributed by atoms with Crippen LogP contribution in [0.1, 0.15) is 18.4 Å². The quantitative estimate of drug-likeness (QED) is 0.729. The molecular formula is C19H21NO6S. The number of sulfonamides is 1. The molecule has 2 aliphatic rings. The summed E-state index contributed by atoms with van der Waals surface area (Å²) in [7, 11) is -1.27. The van der Waals surface area contributed by atoms with Gasteiger partial charge < -0.3 is 9.47 Å². The van der Waals surface area contributed by atoms with Crippen LogP contribution in [0.15, 0.2) is 52.1 Å². The lowest BCUT2D eigenvalue weighted by atomic mass is 9.85. The van der Waals surface area contributed by atoms with Crippen molar-refractivity contribution >= 4 is 22.0 Å². The highest BCUT2D eigenvalue weighted by molar-refractivity contribution is 7.89. The van der Waals surface area contributed by atoms with Crippen molar-refractivity contribution in [3.63, 3.8) is 0 Å². The first-order valence-electron chi connectivity index (χ1n) is 8.50. The third kappa shape index (κ3) is 3.25. The van der Waals surface area contributed by atoms with E-state index in [-0.39, 0.29) is 29.0 Å². The fraction of sp³-hybridized carbons (Fsp3) is 0.368. The Bertz CT molecular complexity index is 943. The van der Waals surface area contributed by atoms with Gasteiger partial charge in [-0.1, -0.05) is 23.8 Å². The molecule has 0 aromatic heterocycles. The Kier molecular flexibility index (Phi) is 5.10. The molecule has 0 bridgehead atoms. The lowest BCUT2D eigenvalue weighted by molar-refractivity contribution is -0.139. The van der Waals surface area contributed by atoms with Crippen LogP contribution in [0, 0.1) is 12.8 Å². The summed E-state index contributed by atoms with van der Waals surface area (Å²) in [4.78, 5) is 24.6. The Morgan fingerprint density at radius 2 is 1.70 bits per heavy atom. The molecule has 3 rings (SSSR count). The minimum absolute atomic E-state index is 0.114. The topological polar surface area (TPSA) is 90.0 Å². The molecule has 1 aromatic rings. The van der Waals surface area contributed by atoms with E-state index in [1.807, 2.05) is 6.92 Å². The lowest BCUT2D eigenvalue weighted by Crippen LogP contribution is -2.30. The number of esters is 2. The number of rotatable bonds is 4. The molecule has 1 unspecified atom stereocenters. The van der Waals surface area contributed by atoms with Gasteiger partial charge in [-0.2, -0.15) is 0 Å². The fourth-order valence-corrected chi connectivity index (χ4v) is 5.11. The summed E-state index contributed by atoms with van der Waals surface area (Å²) < 4.78 is 37.1. The molecule has 0 saturated carbocycles. The zero-order valence-corrected chi connectivity index (χ0v) is 16.2. The average molecular weight is 391 g/mol. The maximum Gasteiger partial charge on any atom is 0.334 e. The highest BCUT2D eigenvalue weighted by Crippen LogP contribution is 2.42. The Morgan fingerprint density at radius 1 is 1.07 bits per heavy atom. The first kappa shape index (κ1) is 19.2. The van der Waals surface area contributed by atoms with Crippen molar-refractivity contribution in [1.82, 2.24) is 4.31 Å².